The number of benzene rings is 2. The van der Waals surface area contributed by atoms with Crippen molar-refractivity contribution in [3.8, 4) is 0 Å². The number of carbonyl (C=O) groups is 3. The Morgan fingerprint density at radius 2 is 1.88 bits per heavy atom. The summed E-state index contributed by atoms with van der Waals surface area (Å²) in [6, 6.07) is 13.7. The zero-order chi connectivity index (χ0) is 18.5. The van der Waals surface area contributed by atoms with Gasteiger partial charge in [0.15, 0.2) is 0 Å². The monoisotopic (exact) mass is 354 g/mol. The van der Waals surface area contributed by atoms with Crippen LogP contribution in [0.4, 0.5) is 5.69 Å². The second kappa shape index (κ2) is 7.99. The van der Waals surface area contributed by atoms with Crippen LogP contribution in [0.1, 0.15) is 25.7 Å². The third-order valence-electron chi connectivity index (χ3n) is 4.67. The number of nitrogens with one attached hydrogen (secondary N) is 1. The summed E-state index contributed by atoms with van der Waals surface area (Å²) in [7, 11) is 0. The van der Waals surface area contributed by atoms with Crippen LogP contribution in [-0.4, -0.2) is 36.0 Å². The molecule has 1 unspecified atom stereocenters. The summed E-state index contributed by atoms with van der Waals surface area (Å²) in [6.45, 7) is 0.804. The van der Waals surface area contributed by atoms with E-state index in [-0.39, 0.29) is 30.6 Å². The predicted octanol–water partition coefficient (Wildman–Crippen LogP) is 2.56. The quantitative estimate of drug-likeness (QED) is 0.748. The van der Waals surface area contributed by atoms with Crippen molar-refractivity contribution in [2.24, 2.45) is 5.92 Å². The number of carboxylic acids is 1. The van der Waals surface area contributed by atoms with E-state index in [2.05, 4.69) is 5.32 Å². The van der Waals surface area contributed by atoms with Gasteiger partial charge >= 0.3 is 5.97 Å². The molecule has 0 aromatic heterocycles. The number of unbranched alkanes of at least 4 members (excludes halogenated alkanes) is 1. The van der Waals surface area contributed by atoms with Crippen LogP contribution in [0, 0.1) is 5.92 Å². The molecule has 1 aliphatic rings. The molecule has 3 rings (SSSR count). The molecular weight excluding hydrogens is 332 g/mol. The van der Waals surface area contributed by atoms with Gasteiger partial charge in [-0.3, -0.25) is 14.4 Å². The molecule has 2 aromatic carbocycles. The van der Waals surface area contributed by atoms with Gasteiger partial charge in [-0.1, -0.05) is 36.4 Å². The van der Waals surface area contributed by atoms with Crippen molar-refractivity contribution < 1.29 is 19.5 Å². The topological polar surface area (TPSA) is 86.7 Å². The van der Waals surface area contributed by atoms with Crippen LogP contribution < -0.4 is 10.2 Å². The van der Waals surface area contributed by atoms with Crippen molar-refractivity contribution in [1.29, 1.82) is 0 Å². The number of hydrogen-bond acceptors (Lipinski definition) is 3. The Hall–Kier alpha value is -2.89. The minimum Gasteiger partial charge on any atom is -0.481 e. The van der Waals surface area contributed by atoms with E-state index in [9.17, 15) is 14.4 Å². The SMILES string of the molecule is O=C(O)CCCCNC(=O)C1CC(=O)N(c2cccc3ccccc23)C1. The van der Waals surface area contributed by atoms with Crippen LogP contribution in [-0.2, 0) is 14.4 Å². The maximum Gasteiger partial charge on any atom is 0.303 e. The molecule has 0 saturated carbocycles. The van der Waals surface area contributed by atoms with Crippen LogP contribution in [0.2, 0.25) is 0 Å². The molecule has 2 N–H and O–H groups in total. The highest BCUT2D eigenvalue weighted by Gasteiger charge is 2.35. The number of hydrogen-bond donors (Lipinski definition) is 2. The molecule has 0 bridgehead atoms. The summed E-state index contributed by atoms with van der Waals surface area (Å²) in [4.78, 5) is 37.0. The second-order valence-electron chi connectivity index (χ2n) is 6.55. The number of fused-ring (bicyclic) bond motifs is 1. The summed E-state index contributed by atoms with van der Waals surface area (Å²) in [5, 5.41) is 13.5. The lowest BCUT2D eigenvalue weighted by Crippen LogP contribution is -2.33. The highest BCUT2D eigenvalue weighted by molar-refractivity contribution is 6.06. The van der Waals surface area contributed by atoms with Gasteiger partial charge in [-0.05, 0) is 24.3 Å². The first kappa shape index (κ1) is 17.9. The van der Waals surface area contributed by atoms with Gasteiger partial charge in [-0.2, -0.15) is 0 Å². The van der Waals surface area contributed by atoms with Crippen molar-refractivity contribution >= 4 is 34.2 Å². The minimum atomic E-state index is -0.830. The number of rotatable bonds is 7. The standard InChI is InChI=1S/C20H22N2O4/c23-18-12-15(20(26)21-11-4-3-10-19(24)25)13-22(18)17-9-5-7-14-6-1-2-8-16(14)17/h1-2,5-9,15H,3-4,10-13H2,(H,21,26)(H,24,25). The molecule has 0 radical (unpaired) electrons. The summed E-state index contributed by atoms with van der Waals surface area (Å²) in [5.74, 6) is -1.40. The fourth-order valence-corrected chi connectivity index (χ4v) is 3.32. The Balaban J connectivity index is 1.61. The smallest absolute Gasteiger partial charge is 0.303 e. The first-order chi connectivity index (χ1) is 12.6. The van der Waals surface area contributed by atoms with Crippen molar-refractivity contribution in [2.45, 2.75) is 25.7 Å². The van der Waals surface area contributed by atoms with Gasteiger partial charge in [0.2, 0.25) is 11.8 Å². The molecule has 1 fully saturated rings. The van der Waals surface area contributed by atoms with Crippen molar-refractivity contribution in [3.05, 3.63) is 42.5 Å². The zero-order valence-electron chi connectivity index (χ0n) is 14.5. The molecule has 136 valence electrons. The third kappa shape index (κ3) is 4.02. The molecular formula is C20H22N2O4. The number of amides is 2. The highest BCUT2D eigenvalue weighted by Crippen LogP contribution is 2.31. The molecule has 1 aliphatic heterocycles. The average Bonchev–Trinajstić information content (AvgIpc) is 3.02. The fraction of sp³-hybridized carbons (Fsp3) is 0.350. The lowest BCUT2D eigenvalue weighted by atomic mass is 10.1. The first-order valence-corrected chi connectivity index (χ1v) is 8.84. The Bertz CT molecular complexity index is 828. The van der Waals surface area contributed by atoms with Crippen LogP contribution in [0.3, 0.4) is 0 Å². The summed E-state index contributed by atoms with van der Waals surface area (Å²) in [6.07, 6.45) is 1.45. The van der Waals surface area contributed by atoms with E-state index < -0.39 is 5.97 Å². The van der Waals surface area contributed by atoms with Gasteiger partial charge in [0.1, 0.15) is 0 Å². The molecule has 6 nitrogen and oxygen atoms in total. The molecule has 0 aliphatic carbocycles. The number of carbonyl (C=O) groups excluding carboxylic acids is 2. The van der Waals surface area contributed by atoms with Crippen LogP contribution in [0.25, 0.3) is 10.8 Å². The number of nitrogens with zero attached hydrogens (tertiary/aromatic N) is 1. The first-order valence-electron chi connectivity index (χ1n) is 8.84. The Kier molecular flexibility index (Phi) is 5.51. The van der Waals surface area contributed by atoms with Crippen LogP contribution in [0.5, 0.6) is 0 Å². The van der Waals surface area contributed by atoms with E-state index in [1.165, 1.54) is 0 Å². The molecule has 26 heavy (non-hydrogen) atoms. The number of anilines is 1. The zero-order valence-corrected chi connectivity index (χ0v) is 14.5. The van der Waals surface area contributed by atoms with Crippen LogP contribution >= 0.6 is 0 Å². The largest absolute Gasteiger partial charge is 0.481 e. The minimum absolute atomic E-state index is 0.0487. The number of carboxylic acid groups (broad SMARTS) is 1. The van der Waals surface area contributed by atoms with Gasteiger partial charge < -0.3 is 15.3 Å². The Labute approximate surface area is 151 Å². The van der Waals surface area contributed by atoms with Crippen LogP contribution in [0.15, 0.2) is 42.5 Å². The summed E-state index contributed by atoms with van der Waals surface area (Å²) in [5.41, 5.74) is 0.838. The molecule has 2 aromatic rings. The fourth-order valence-electron chi connectivity index (χ4n) is 3.32. The molecule has 1 saturated heterocycles. The highest BCUT2D eigenvalue weighted by atomic mass is 16.4. The van der Waals surface area contributed by atoms with E-state index in [1.807, 2.05) is 42.5 Å². The second-order valence-corrected chi connectivity index (χ2v) is 6.55. The molecule has 0 spiro atoms. The molecule has 2 amide bonds. The maximum atomic E-state index is 12.5. The summed E-state index contributed by atoms with van der Waals surface area (Å²) < 4.78 is 0. The number of aliphatic carboxylic acids is 1. The molecule has 1 heterocycles. The average molecular weight is 354 g/mol. The Morgan fingerprint density at radius 1 is 1.12 bits per heavy atom. The van der Waals surface area contributed by atoms with Crippen molar-refractivity contribution in [2.75, 3.05) is 18.0 Å². The maximum absolute atomic E-state index is 12.5. The predicted molar refractivity (Wildman–Crippen MR) is 98.9 cm³/mol. The Morgan fingerprint density at radius 3 is 2.69 bits per heavy atom. The van der Waals surface area contributed by atoms with Crippen molar-refractivity contribution in [3.63, 3.8) is 0 Å². The van der Waals surface area contributed by atoms with Gasteiger partial charge in [-0.15, -0.1) is 0 Å². The van der Waals surface area contributed by atoms with Crippen molar-refractivity contribution in [1.82, 2.24) is 5.32 Å². The normalized spacial score (nSPS) is 16.8. The van der Waals surface area contributed by atoms with E-state index in [1.54, 1.807) is 4.90 Å². The van der Waals surface area contributed by atoms with Gasteiger partial charge in [0.05, 0.1) is 11.6 Å². The van der Waals surface area contributed by atoms with E-state index in [0.717, 1.165) is 16.5 Å². The van der Waals surface area contributed by atoms with E-state index >= 15 is 0 Å². The van der Waals surface area contributed by atoms with Gasteiger partial charge in [0, 0.05) is 31.3 Å². The lowest BCUT2D eigenvalue weighted by Gasteiger charge is -2.19. The van der Waals surface area contributed by atoms with E-state index in [0.29, 0.717) is 25.9 Å². The summed E-state index contributed by atoms with van der Waals surface area (Å²) >= 11 is 0. The molecule has 1 atom stereocenters. The molecule has 6 heteroatoms. The van der Waals surface area contributed by atoms with Gasteiger partial charge in [0.25, 0.3) is 0 Å². The lowest BCUT2D eigenvalue weighted by molar-refractivity contribution is -0.137. The van der Waals surface area contributed by atoms with Gasteiger partial charge in [-0.25, -0.2) is 0 Å². The van der Waals surface area contributed by atoms with E-state index in [4.69, 9.17) is 5.11 Å². The third-order valence-corrected chi connectivity index (χ3v) is 4.67.